The van der Waals surface area contributed by atoms with Gasteiger partial charge < -0.3 is 4.42 Å². The minimum Gasteiger partial charge on any atom is -0.456 e. The molecule has 0 fully saturated rings. The fourth-order valence-electron chi connectivity index (χ4n) is 7.04. The zero-order valence-corrected chi connectivity index (χ0v) is 27.7. The molecule has 0 aliphatic rings. The molecule has 0 aliphatic heterocycles. The van der Waals surface area contributed by atoms with Crippen molar-refractivity contribution in [3.05, 3.63) is 170 Å². The first kappa shape index (κ1) is 28.6. The molecule has 0 aliphatic carbocycles. The SMILES string of the molecule is c1ccc(-c2ccc(-c3ccc4c(c3)oc3cccc(-c5nc(-c6ccc(-c7ccccc7)cc6)c6sc7ccccc7c6n5)c34)cc2)cc1. The molecule has 3 aromatic heterocycles. The molecule has 0 saturated heterocycles. The Labute approximate surface area is 292 Å². The highest BCUT2D eigenvalue weighted by atomic mass is 32.1. The van der Waals surface area contributed by atoms with Gasteiger partial charge in [-0.25, -0.2) is 9.97 Å². The van der Waals surface area contributed by atoms with Crippen molar-refractivity contribution in [2.75, 3.05) is 0 Å². The Kier molecular flexibility index (Phi) is 6.68. The minimum absolute atomic E-state index is 0.692. The van der Waals surface area contributed by atoms with Crippen molar-refractivity contribution in [1.29, 1.82) is 0 Å². The van der Waals surface area contributed by atoms with Gasteiger partial charge in [0.25, 0.3) is 0 Å². The molecule has 7 aromatic carbocycles. The minimum atomic E-state index is 0.692. The summed E-state index contributed by atoms with van der Waals surface area (Å²) in [7, 11) is 0. The molecule has 234 valence electrons. The number of nitrogens with zero attached hydrogens (tertiary/aromatic N) is 2. The Hall–Kier alpha value is -6.36. The Morgan fingerprint density at radius 2 is 1.00 bits per heavy atom. The third kappa shape index (κ3) is 4.80. The first-order chi connectivity index (χ1) is 24.8. The standard InChI is InChI=1S/C46H28N2OS/c1-3-10-29(11-4-1)31-18-20-33(21-19-31)35-26-27-36-40(28-35)49-39-16-9-15-38(42(36)39)46-47-43(45-44(48-46)37-14-7-8-17-41(37)50-45)34-24-22-32(23-25-34)30-12-5-2-6-13-30/h1-28H. The van der Waals surface area contributed by atoms with Gasteiger partial charge in [0, 0.05) is 32.0 Å². The van der Waals surface area contributed by atoms with Gasteiger partial charge in [0.2, 0.25) is 0 Å². The highest BCUT2D eigenvalue weighted by molar-refractivity contribution is 7.26. The molecule has 0 saturated carbocycles. The average molecular weight is 657 g/mol. The fraction of sp³-hybridized carbons (Fsp3) is 0. The van der Waals surface area contributed by atoms with E-state index in [1.807, 2.05) is 24.3 Å². The van der Waals surface area contributed by atoms with Crippen LogP contribution in [0.25, 0.3) is 98.3 Å². The van der Waals surface area contributed by atoms with Crippen LogP contribution in [0.1, 0.15) is 0 Å². The number of benzene rings is 7. The molecular formula is C46H28N2OS. The first-order valence-electron chi connectivity index (χ1n) is 16.7. The van der Waals surface area contributed by atoms with E-state index in [2.05, 4.69) is 146 Å². The number of aromatic nitrogens is 2. The second-order valence-electron chi connectivity index (χ2n) is 12.6. The maximum Gasteiger partial charge on any atom is 0.161 e. The van der Waals surface area contributed by atoms with E-state index < -0.39 is 0 Å². The molecule has 10 rings (SSSR count). The monoisotopic (exact) mass is 656 g/mol. The van der Waals surface area contributed by atoms with Gasteiger partial charge in [-0.1, -0.05) is 146 Å². The molecule has 0 amide bonds. The maximum atomic E-state index is 6.53. The van der Waals surface area contributed by atoms with E-state index in [1.54, 1.807) is 11.3 Å². The second kappa shape index (κ2) is 11.7. The van der Waals surface area contributed by atoms with Crippen LogP contribution in [-0.2, 0) is 0 Å². The van der Waals surface area contributed by atoms with Crippen LogP contribution in [0.5, 0.6) is 0 Å². The number of thiophene rings is 1. The summed E-state index contributed by atoms with van der Waals surface area (Å²) in [5, 5.41) is 3.22. The lowest BCUT2D eigenvalue weighted by Crippen LogP contribution is -1.94. The average Bonchev–Trinajstić information content (AvgIpc) is 3.76. The Morgan fingerprint density at radius 1 is 0.420 bits per heavy atom. The molecule has 4 heteroatoms. The number of hydrogen-bond acceptors (Lipinski definition) is 4. The Balaban J connectivity index is 1.11. The van der Waals surface area contributed by atoms with E-state index in [0.717, 1.165) is 65.5 Å². The predicted octanol–water partition coefficient (Wildman–Crippen LogP) is 13.1. The van der Waals surface area contributed by atoms with E-state index >= 15 is 0 Å². The van der Waals surface area contributed by atoms with Crippen LogP contribution in [0.15, 0.2) is 174 Å². The van der Waals surface area contributed by atoms with Crippen molar-refractivity contribution in [2.45, 2.75) is 0 Å². The zero-order chi connectivity index (χ0) is 33.0. The molecule has 3 nitrogen and oxygen atoms in total. The molecule has 3 heterocycles. The molecule has 0 bridgehead atoms. The van der Waals surface area contributed by atoms with Gasteiger partial charge in [0.1, 0.15) is 11.2 Å². The van der Waals surface area contributed by atoms with Gasteiger partial charge >= 0.3 is 0 Å². The molecular weight excluding hydrogens is 629 g/mol. The summed E-state index contributed by atoms with van der Waals surface area (Å²) in [6.07, 6.45) is 0. The quantitative estimate of drug-likeness (QED) is 0.185. The lowest BCUT2D eigenvalue weighted by molar-refractivity contribution is 0.669. The number of rotatable bonds is 5. The summed E-state index contributed by atoms with van der Waals surface area (Å²) >= 11 is 1.75. The van der Waals surface area contributed by atoms with Crippen molar-refractivity contribution >= 4 is 53.6 Å². The first-order valence-corrected chi connectivity index (χ1v) is 17.6. The van der Waals surface area contributed by atoms with Crippen molar-refractivity contribution < 1.29 is 4.42 Å². The predicted molar refractivity (Wildman–Crippen MR) is 209 cm³/mol. The summed E-state index contributed by atoms with van der Waals surface area (Å²) in [5.74, 6) is 0.692. The molecule has 50 heavy (non-hydrogen) atoms. The van der Waals surface area contributed by atoms with Crippen molar-refractivity contribution in [2.24, 2.45) is 0 Å². The van der Waals surface area contributed by atoms with Gasteiger partial charge in [-0.15, -0.1) is 11.3 Å². The second-order valence-corrected chi connectivity index (χ2v) is 13.6. The molecule has 0 N–H and O–H groups in total. The lowest BCUT2D eigenvalue weighted by Gasteiger charge is -2.09. The smallest absolute Gasteiger partial charge is 0.161 e. The van der Waals surface area contributed by atoms with Crippen LogP contribution in [0.3, 0.4) is 0 Å². The van der Waals surface area contributed by atoms with Crippen LogP contribution >= 0.6 is 11.3 Å². The largest absolute Gasteiger partial charge is 0.456 e. The van der Waals surface area contributed by atoms with Crippen LogP contribution in [0.4, 0.5) is 0 Å². The Bertz CT molecular complexity index is 2840. The van der Waals surface area contributed by atoms with Crippen molar-refractivity contribution in [3.8, 4) is 56.0 Å². The van der Waals surface area contributed by atoms with Crippen molar-refractivity contribution in [3.63, 3.8) is 0 Å². The van der Waals surface area contributed by atoms with E-state index in [0.29, 0.717) is 5.82 Å². The summed E-state index contributed by atoms with van der Waals surface area (Å²) in [6.45, 7) is 0. The van der Waals surface area contributed by atoms with Crippen molar-refractivity contribution in [1.82, 2.24) is 9.97 Å². The Morgan fingerprint density at radius 3 is 1.70 bits per heavy atom. The molecule has 10 aromatic rings. The topological polar surface area (TPSA) is 38.9 Å². The van der Waals surface area contributed by atoms with Gasteiger partial charge in [-0.3, -0.25) is 0 Å². The third-order valence-corrected chi connectivity index (χ3v) is 10.7. The number of hydrogen-bond donors (Lipinski definition) is 0. The molecule has 0 radical (unpaired) electrons. The molecule has 0 unspecified atom stereocenters. The fourth-order valence-corrected chi connectivity index (χ4v) is 8.19. The summed E-state index contributed by atoms with van der Waals surface area (Å²) < 4.78 is 8.82. The highest BCUT2D eigenvalue weighted by Gasteiger charge is 2.20. The van der Waals surface area contributed by atoms with Crippen LogP contribution in [0.2, 0.25) is 0 Å². The van der Waals surface area contributed by atoms with E-state index in [9.17, 15) is 0 Å². The lowest BCUT2D eigenvalue weighted by atomic mass is 9.99. The maximum absolute atomic E-state index is 6.53. The van der Waals surface area contributed by atoms with Gasteiger partial charge in [0.15, 0.2) is 5.82 Å². The van der Waals surface area contributed by atoms with E-state index in [-0.39, 0.29) is 0 Å². The summed E-state index contributed by atoms with van der Waals surface area (Å²) in [4.78, 5) is 10.6. The highest BCUT2D eigenvalue weighted by Crippen LogP contribution is 2.42. The van der Waals surface area contributed by atoms with E-state index in [4.69, 9.17) is 14.4 Å². The summed E-state index contributed by atoms with van der Waals surface area (Å²) in [5.41, 5.74) is 12.6. The zero-order valence-electron chi connectivity index (χ0n) is 26.9. The summed E-state index contributed by atoms with van der Waals surface area (Å²) in [6, 6.07) is 59.6. The third-order valence-electron chi connectivity index (χ3n) is 9.55. The molecule has 0 atom stereocenters. The van der Waals surface area contributed by atoms with Gasteiger partial charge in [-0.2, -0.15) is 0 Å². The molecule has 0 spiro atoms. The van der Waals surface area contributed by atoms with Crippen LogP contribution in [-0.4, -0.2) is 9.97 Å². The van der Waals surface area contributed by atoms with Crippen LogP contribution < -0.4 is 0 Å². The number of furan rings is 1. The normalized spacial score (nSPS) is 11.6. The van der Waals surface area contributed by atoms with Gasteiger partial charge in [0.05, 0.1) is 15.9 Å². The van der Waals surface area contributed by atoms with E-state index in [1.165, 1.54) is 27.0 Å². The number of fused-ring (bicyclic) bond motifs is 6. The van der Waals surface area contributed by atoms with Crippen LogP contribution in [0, 0.1) is 0 Å². The van der Waals surface area contributed by atoms with Gasteiger partial charge in [-0.05, 0) is 57.6 Å².